The first-order chi connectivity index (χ1) is 9.34. The van der Waals surface area contributed by atoms with E-state index >= 15 is 0 Å². The normalized spacial score (nSPS) is 15.1. The topological polar surface area (TPSA) is 0 Å². The van der Waals surface area contributed by atoms with Crippen molar-refractivity contribution in [3.05, 3.63) is 42.0 Å². The SMILES string of the molecule is CC(CCCCSc1ccccc1)CCCC1=CC1. The van der Waals surface area contributed by atoms with E-state index < -0.39 is 0 Å². The van der Waals surface area contributed by atoms with Crippen LogP contribution in [-0.4, -0.2) is 5.75 Å². The van der Waals surface area contributed by atoms with Gasteiger partial charge < -0.3 is 0 Å². The van der Waals surface area contributed by atoms with Crippen LogP contribution in [0.25, 0.3) is 0 Å². The van der Waals surface area contributed by atoms with E-state index in [0.29, 0.717) is 0 Å². The molecule has 0 heterocycles. The second-order valence-corrected chi connectivity index (χ2v) is 6.89. The van der Waals surface area contributed by atoms with E-state index in [1.54, 1.807) is 5.57 Å². The third kappa shape index (κ3) is 6.87. The Morgan fingerprint density at radius 2 is 1.79 bits per heavy atom. The van der Waals surface area contributed by atoms with Crippen LogP contribution < -0.4 is 0 Å². The Bertz CT molecular complexity index is 380. The number of benzene rings is 1. The number of unbranched alkanes of at least 4 members (excludes halogenated alkanes) is 1. The lowest BCUT2D eigenvalue weighted by atomic mass is 9.98. The van der Waals surface area contributed by atoms with E-state index in [9.17, 15) is 0 Å². The smallest absolute Gasteiger partial charge is 0.00719 e. The summed E-state index contributed by atoms with van der Waals surface area (Å²) in [7, 11) is 0. The first-order valence-electron chi connectivity index (χ1n) is 7.70. The van der Waals surface area contributed by atoms with E-state index in [1.807, 2.05) is 11.8 Å². The molecule has 0 spiro atoms. The summed E-state index contributed by atoms with van der Waals surface area (Å²) in [6, 6.07) is 10.8. The summed E-state index contributed by atoms with van der Waals surface area (Å²) in [4.78, 5) is 1.41. The highest BCUT2D eigenvalue weighted by Crippen LogP contribution is 2.26. The summed E-state index contributed by atoms with van der Waals surface area (Å²) in [5.74, 6) is 2.19. The molecule has 0 aromatic heterocycles. The molecule has 0 radical (unpaired) electrons. The zero-order valence-corrected chi connectivity index (χ0v) is 12.9. The average Bonchev–Trinajstić information content (AvgIpc) is 3.24. The van der Waals surface area contributed by atoms with Crippen molar-refractivity contribution < 1.29 is 0 Å². The van der Waals surface area contributed by atoms with Gasteiger partial charge in [0.1, 0.15) is 0 Å². The van der Waals surface area contributed by atoms with Crippen molar-refractivity contribution in [3.8, 4) is 0 Å². The molecule has 0 N–H and O–H groups in total. The number of hydrogen-bond acceptors (Lipinski definition) is 1. The van der Waals surface area contributed by atoms with Crippen molar-refractivity contribution in [1.29, 1.82) is 0 Å². The molecule has 0 nitrogen and oxygen atoms in total. The maximum atomic E-state index is 2.42. The van der Waals surface area contributed by atoms with Gasteiger partial charge in [-0.15, -0.1) is 11.8 Å². The summed E-state index contributed by atoms with van der Waals surface area (Å²) in [5.41, 5.74) is 1.70. The molecule has 1 unspecified atom stereocenters. The van der Waals surface area contributed by atoms with Gasteiger partial charge in [0.2, 0.25) is 0 Å². The Balaban J connectivity index is 1.43. The van der Waals surface area contributed by atoms with E-state index in [1.165, 1.54) is 55.6 Å². The van der Waals surface area contributed by atoms with Crippen LogP contribution in [-0.2, 0) is 0 Å². The monoisotopic (exact) mass is 274 g/mol. The lowest BCUT2D eigenvalue weighted by molar-refractivity contribution is 0.458. The highest BCUT2D eigenvalue weighted by Gasteiger charge is 2.08. The number of thioether (sulfide) groups is 1. The van der Waals surface area contributed by atoms with Gasteiger partial charge in [-0.1, -0.05) is 56.0 Å². The molecule has 1 aromatic carbocycles. The zero-order chi connectivity index (χ0) is 13.3. The van der Waals surface area contributed by atoms with Crippen molar-refractivity contribution in [1.82, 2.24) is 0 Å². The van der Waals surface area contributed by atoms with E-state index in [2.05, 4.69) is 43.3 Å². The second-order valence-electron chi connectivity index (χ2n) is 5.72. The van der Waals surface area contributed by atoms with Gasteiger partial charge >= 0.3 is 0 Å². The number of rotatable bonds is 10. The van der Waals surface area contributed by atoms with Crippen LogP contribution in [0.5, 0.6) is 0 Å². The third-order valence-electron chi connectivity index (χ3n) is 3.79. The molecular formula is C18H26S. The molecule has 0 saturated heterocycles. The van der Waals surface area contributed by atoms with Gasteiger partial charge in [0.15, 0.2) is 0 Å². The third-order valence-corrected chi connectivity index (χ3v) is 4.89. The fourth-order valence-electron chi connectivity index (χ4n) is 2.40. The minimum atomic E-state index is 0.918. The van der Waals surface area contributed by atoms with Crippen LogP contribution >= 0.6 is 11.8 Å². The molecule has 0 fully saturated rings. The molecular weight excluding hydrogens is 248 g/mol. The Labute approximate surface area is 122 Å². The van der Waals surface area contributed by atoms with Crippen molar-refractivity contribution in [2.24, 2.45) is 5.92 Å². The minimum Gasteiger partial charge on any atom is -0.126 e. The van der Waals surface area contributed by atoms with Crippen LogP contribution in [0.15, 0.2) is 46.9 Å². The molecule has 1 atom stereocenters. The highest BCUT2D eigenvalue weighted by molar-refractivity contribution is 7.99. The lowest BCUT2D eigenvalue weighted by Crippen LogP contribution is -1.95. The fourth-order valence-corrected chi connectivity index (χ4v) is 3.33. The van der Waals surface area contributed by atoms with E-state index in [0.717, 1.165) is 5.92 Å². The Kier molecular flexibility index (Phi) is 6.56. The summed E-state index contributed by atoms with van der Waals surface area (Å²) >= 11 is 1.99. The quantitative estimate of drug-likeness (QED) is 0.283. The molecule has 0 aliphatic heterocycles. The van der Waals surface area contributed by atoms with Gasteiger partial charge in [-0.25, -0.2) is 0 Å². The van der Waals surface area contributed by atoms with Crippen LogP contribution in [0.2, 0.25) is 0 Å². The second kappa shape index (κ2) is 8.47. The number of hydrogen-bond donors (Lipinski definition) is 0. The van der Waals surface area contributed by atoms with Crippen LogP contribution in [0.1, 0.15) is 51.9 Å². The van der Waals surface area contributed by atoms with Crippen molar-refractivity contribution in [3.63, 3.8) is 0 Å². The summed E-state index contributed by atoms with van der Waals surface area (Å²) in [6.45, 7) is 2.42. The van der Waals surface area contributed by atoms with Gasteiger partial charge in [0.25, 0.3) is 0 Å². The molecule has 0 amide bonds. The molecule has 19 heavy (non-hydrogen) atoms. The molecule has 104 valence electrons. The average molecular weight is 274 g/mol. The predicted molar refractivity (Wildman–Crippen MR) is 86.7 cm³/mol. The number of allylic oxidation sites excluding steroid dienone is 2. The summed E-state index contributed by atoms with van der Waals surface area (Å²) in [6.07, 6.45) is 12.0. The van der Waals surface area contributed by atoms with E-state index in [-0.39, 0.29) is 0 Å². The van der Waals surface area contributed by atoms with Crippen LogP contribution in [0, 0.1) is 5.92 Å². The molecule has 1 heteroatoms. The van der Waals surface area contributed by atoms with Crippen molar-refractivity contribution in [2.45, 2.75) is 56.8 Å². The van der Waals surface area contributed by atoms with Crippen molar-refractivity contribution >= 4 is 11.8 Å². The maximum Gasteiger partial charge on any atom is 0.00719 e. The van der Waals surface area contributed by atoms with Crippen LogP contribution in [0.3, 0.4) is 0 Å². The summed E-state index contributed by atoms with van der Waals surface area (Å²) in [5, 5.41) is 0. The minimum absolute atomic E-state index is 0.918. The lowest BCUT2D eigenvalue weighted by Gasteiger charge is -2.10. The van der Waals surface area contributed by atoms with E-state index in [4.69, 9.17) is 0 Å². The van der Waals surface area contributed by atoms with Gasteiger partial charge in [-0.2, -0.15) is 0 Å². The van der Waals surface area contributed by atoms with Crippen LogP contribution in [0.4, 0.5) is 0 Å². The predicted octanol–water partition coefficient (Wildman–Crippen LogP) is 6.09. The molecule has 1 aliphatic rings. The Morgan fingerprint density at radius 1 is 1.05 bits per heavy atom. The maximum absolute atomic E-state index is 2.42. The van der Waals surface area contributed by atoms with Crippen molar-refractivity contribution in [2.75, 3.05) is 5.75 Å². The van der Waals surface area contributed by atoms with Gasteiger partial charge in [-0.05, 0) is 49.5 Å². The first-order valence-corrected chi connectivity index (χ1v) is 8.69. The molecule has 1 aliphatic carbocycles. The highest BCUT2D eigenvalue weighted by atomic mass is 32.2. The molecule has 2 rings (SSSR count). The molecule has 1 aromatic rings. The zero-order valence-electron chi connectivity index (χ0n) is 12.1. The molecule has 0 saturated carbocycles. The molecule has 0 bridgehead atoms. The Morgan fingerprint density at radius 3 is 2.53 bits per heavy atom. The van der Waals surface area contributed by atoms with Gasteiger partial charge in [0.05, 0.1) is 0 Å². The standard InChI is InChI=1S/C18H26S/c1-16(9-7-10-17-13-14-17)8-5-6-15-19-18-11-3-2-4-12-18/h2-4,11-13,16H,5-10,14-15H2,1H3. The largest absolute Gasteiger partial charge is 0.126 e. The van der Waals surface area contributed by atoms with Gasteiger partial charge in [0, 0.05) is 4.90 Å². The summed E-state index contributed by atoms with van der Waals surface area (Å²) < 4.78 is 0. The van der Waals surface area contributed by atoms with Gasteiger partial charge in [-0.3, -0.25) is 0 Å². The Hall–Kier alpha value is -0.690. The fraction of sp³-hybridized carbons (Fsp3) is 0.556. The first kappa shape index (κ1) is 14.7.